The first-order valence-corrected chi connectivity index (χ1v) is 13.4. The number of nitrogens with zero attached hydrogens (tertiary/aromatic N) is 3. The fourth-order valence-electron chi connectivity index (χ4n) is 5.21. The van der Waals surface area contributed by atoms with Gasteiger partial charge in [0, 0.05) is 57.2 Å². The van der Waals surface area contributed by atoms with E-state index in [9.17, 15) is 14.4 Å². The summed E-state index contributed by atoms with van der Waals surface area (Å²) in [5.74, 6) is -0.604. The van der Waals surface area contributed by atoms with Gasteiger partial charge in [0.05, 0.1) is 0 Å². The Balaban J connectivity index is 1.24. The Labute approximate surface area is 212 Å². The van der Waals surface area contributed by atoms with Crippen LogP contribution in [0.15, 0.2) is 53.6 Å². The van der Waals surface area contributed by atoms with Gasteiger partial charge in [-0.15, -0.1) is 0 Å². The van der Waals surface area contributed by atoms with Crippen LogP contribution in [-0.2, 0) is 0 Å². The third kappa shape index (κ3) is 5.95. The molecule has 7 heteroatoms. The van der Waals surface area contributed by atoms with Crippen molar-refractivity contribution in [3.8, 4) is 0 Å². The van der Waals surface area contributed by atoms with E-state index in [0.29, 0.717) is 13.1 Å². The molecule has 0 atom stereocenters. The van der Waals surface area contributed by atoms with Crippen molar-refractivity contribution in [2.75, 3.05) is 32.7 Å². The van der Waals surface area contributed by atoms with Crippen molar-refractivity contribution in [2.45, 2.75) is 57.0 Å². The highest BCUT2D eigenvalue weighted by Crippen LogP contribution is 2.34. The predicted octanol–water partition coefficient (Wildman–Crippen LogP) is 3.72. The maximum Gasteiger partial charge on any atom is 0.259 e. The Morgan fingerprint density at radius 3 is 2.28 bits per heavy atom. The van der Waals surface area contributed by atoms with Crippen LogP contribution in [0.2, 0.25) is 0 Å². The molecule has 3 aliphatic rings. The molecular formula is C29H36N4O3. The van der Waals surface area contributed by atoms with E-state index in [0.717, 1.165) is 58.2 Å². The van der Waals surface area contributed by atoms with Crippen LogP contribution in [0, 0.1) is 0 Å². The van der Waals surface area contributed by atoms with Crippen molar-refractivity contribution in [3.63, 3.8) is 0 Å². The molecule has 36 heavy (non-hydrogen) atoms. The van der Waals surface area contributed by atoms with Crippen LogP contribution in [0.25, 0.3) is 6.08 Å². The molecule has 0 radical (unpaired) electrons. The molecule has 2 heterocycles. The second kappa shape index (κ2) is 11.2. The van der Waals surface area contributed by atoms with Crippen LogP contribution in [0.4, 0.5) is 0 Å². The average molecular weight is 489 g/mol. The lowest BCUT2D eigenvalue weighted by atomic mass is 9.95. The van der Waals surface area contributed by atoms with Crippen LogP contribution in [0.1, 0.15) is 77.3 Å². The highest BCUT2D eigenvalue weighted by molar-refractivity contribution is 5.99. The Bertz CT molecular complexity index is 1150. The third-order valence-corrected chi connectivity index (χ3v) is 7.56. The smallest absolute Gasteiger partial charge is 0.259 e. The maximum absolute atomic E-state index is 13.4. The van der Waals surface area contributed by atoms with Gasteiger partial charge in [0.2, 0.25) is 5.43 Å². The normalized spacial score (nSPS) is 19.5. The van der Waals surface area contributed by atoms with E-state index in [1.807, 2.05) is 22.8 Å². The summed E-state index contributed by atoms with van der Waals surface area (Å²) in [5, 5.41) is 3.06. The monoisotopic (exact) mass is 488 g/mol. The highest BCUT2D eigenvalue weighted by Gasteiger charge is 2.30. The van der Waals surface area contributed by atoms with Gasteiger partial charge in [-0.3, -0.25) is 19.3 Å². The molecule has 2 amide bonds. The first kappa shape index (κ1) is 24.5. The van der Waals surface area contributed by atoms with Crippen molar-refractivity contribution in [3.05, 3.63) is 75.7 Å². The molecule has 1 saturated heterocycles. The SMILES string of the molecule is O=C(NC1CCCCC1)c1cn(C2CC2)cc(C(=O)N2CCN(CC=Cc3ccccc3)CC2)c1=O. The molecule has 1 aliphatic heterocycles. The average Bonchev–Trinajstić information content (AvgIpc) is 3.76. The first-order chi connectivity index (χ1) is 17.6. The molecule has 3 fully saturated rings. The number of pyridine rings is 1. The summed E-state index contributed by atoms with van der Waals surface area (Å²) >= 11 is 0. The van der Waals surface area contributed by atoms with Crippen molar-refractivity contribution >= 4 is 17.9 Å². The number of benzene rings is 1. The maximum atomic E-state index is 13.4. The third-order valence-electron chi connectivity index (χ3n) is 7.56. The lowest BCUT2D eigenvalue weighted by Gasteiger charge is -2.34. The van der Waals surface area contributed by atoms with Gasteiger partial charge in [-0.2, -0.15) is 0 Å². The van der Waals surface area contributed by atoms with E-state index in [4.69, 9.17) is 0 Å². The summed E-state index contributed by atoms with van der Waals surface area (Å²) in [6.07, 6.45) is 14.9. The second-order valence-corrected chi connectivity index (χ2v) is 10.3. The predicted molar refractivity (Wildman–Crippen MR) is 141 cm³/mol. The minimum Gasteiger partial charge on any atom is -0.349 e. The highest BCUT2D eigenvalue weighted by atomic mass is 16.2. The van der Waals surface area contributed by atoms with E-state index in [1.54, 1.807) is 17.3 Å². The topological polar surface area (TPSA) is 74.7 Å². The van der Waals surface area contributed by atoms with Gasteiger partial charge in [0.1, 0.15) is 11.1 Å². The Hall–Kier alpha value is -3.19. The molecule has 190 valence electrons. The second-order valence-electron chi connectivity index (χ2n) is 10.3. The fourth-order valence-corrected chi connectivity index (χ4v) is 5.21. The zero-order valence-corrected chi connectivity index (χ0v) is 20.9. The molecule has 5 rings (SSSR count). The van der Waals surface area contributed by atoms with E-state index in [1.165, 1.54) is 12.0 Å². The minimum atomic E-state index is -0.446. The van der Waals surface area contributed by atoms with Gasteiger partial charge in [-0.1, -0.05) is 61.7 Å². The van der Waals surface area contributed by atoms with Gasteiger partial charge in [-0.25, -0.2) is 0 Å². The summed E-state index contributed by atoms with van der Waals surface area (Å²) in [7, 11) is 0. The summed E-state index contributed by atoms with van der Waals surface area (Å²) < 4.78 is 1.91. The van der Waals surface area contributed by atoms with Crippen LogP contribution >= 0.6 is 0 Å². The van der Waals surface area contributed by atoms with Crippen molar-refractivity contribution in [1.82, 2.24) is 19.7 Å². The van der Waals surface area contributed by atoms with Crippen LogP contribution in [0.3, 0.4) is 0 Å². The molecule has 2 saturated carbocycles. The fraction of sp³-hybridized carbons (Fsp3) is 0.483. The molecule has 7 nitrogen and oxygen atoms in total. The molecule has 2 aliphatic carbocycles. The molecule has 1 aromatic heterocycles. The standard InChI is InChI=1S/C29H36N4O3/c34-27-25(28(35)30-23-11-5-2-6-12-23)20-33(24-13-14-24)21-26(27)29(36)32-18-16-31(17-19-32)15-7-10-22-8-3-1-4-9-22/h1,3-4,7-10,20-21,23-24H,2,5-6,11-19H2,(H,30,35). The molecule has 0 unspecified atom stereocenters. The van der Waals surface area contributed by atoms with Gasteiger partial charge in [0.25, 0.3) is 11.8 Å². The first-order valence-electron chi connectivity index (χ1n) is 13.4. The number of nitrogens with one attached hydrogen (secondary N) is 1. The number of piperazine rings is 1. The molecule has 1 aromatic carbocycles. The summed E-state index contributed by atoms with van der Waals surface area (Å²) in [5.41, 5.74) is 0.947. The van der Waals surface area contributed by atoms with Crippen molar-refractivity contribution in [1.29, 1.82) is 0 Å². The lowest BCUT2D eigenvalue weighted by Crippen LogP contribution is -2.49. The van der Waals surface area contributed by atoms with E-state index in [-0.39, 0.29) is 35.0 Å². The van der Waals surface area contributed by atoms with E-state index < -0.39 is 5.43 Å². The van der Waals surface area contributed by atoms with Crippen molar-refractivity contribution < 1.29 is 9.59 Å². The lowest BCUT2D eigenvalue weighted by molar-refractivity contribution is 0.0648. The quantitative estimate of drug-likeness (QED) is 0.645. The molecule has 1 N–H and O–H groups in total. The summed E-state index contributed by atoms with van der Waals surface area (Å²) in [6, 6.07) is 10.6. The van der Waals surface area contributed by atoms with E-state index in [2.05, 4.69) is 34.5 Å². The Morgan fingerprint density at radius 1 is 0.889 bits per heavy atom. The zero-order valence-electron chi connectivity index (χ0n) is 20.9. The number of carbonyl (C=O) groups is 2. The van der Waals surface area contributed by atoms with E-state index >= 15 is 0 Å². The van der Waals surface area contributed by atoms with Crippen LogP contribution < -0.4 is 10.7 Å². The number of rotatable bonds is 7. The van der Waals surface area contributed by atoms with Gasteiger partial charge in [-0.05, 0) is 31.2 Å². The molecule has 2 aromatic rings. The minimum absolute atomic E-state index is 0.100. The number of amides is 2. The van der Waals surface area contributed by atoms with Gasteiger partial charge >= 0.3 is 0 Å². The van der Waals surface area contributed by atoms with Crippen molar-refractivity contribution in [2.24, 2.45) is 0 Å². The summed E-state index contributed by atoms with van der Waals surface area (Å²) in [4.78, 5) is 43.9. The van der Waals surface area contributed by atoms with Gasteiger partial charge in [0.15, 0.2) is 0 Å². The molecular weight excluding hydrogens is 452 g/mol. The molecule has 0 spiro atoms. The Kier molecular flexibility index (Phi) is 7.66. The number of aromatic nitrogens is 1. The van der Waals surface area contributed by atoms with Gasteiger partial charge < -0.3 is 14.8 Å². The number of carbonyl (C=O) groups excluding carboxylic acids is 2. The largest absolute Gasteiger partial charge is 0.349 e. The zero-order chi connectivity index (χ0) is 24.9. The number of hydrogen-bond acceptors (Lipinski definition) is 4. The number of hydrogen-bond donors (Lipinski definition) is 1. The van der Waals surface area contributed by atoms with Crippen LogP contribution in [0.5, 0.6) is 0 Å². The van der Waals surface area contributed by atoms with Crippen LogP contribution in [-0.4, -0.2) is 64.9 Å². The Morgan fingerprint density at radius 2 is 1.58 bits per heavy atom. The molecule has 0 bridgehead atoms. The summed E-state index contributed by atoms with van der Waals surface area (Å²) in [6.45, 7) is 3.47.